The normalized spacial score (nSPS) is 15.4. The van der Waals surface area contributed by atoms with Gasteiger partial charge in [-0.25, -0.2) is 24.0 Å². The number of ether oxygens (including phenoxy) is 1. The number of hydrogen-bond donors (Lipinski definition) is 1. The Labute approximate surface area is 235 Å². The summed E-state index contributed by atoms with van der Waals surface area (Å²) in [6, 6.07) is 12.5. The minimum atomic E-state index is -0.454. The predicted molar refractivity (Wildman–Crippen MR) is 154 cm³/mol. The number of nitrogens with one attached hydrogen (secondary N) is 1. The molecule has 1 atom stereocenters. The Balaban J connectivity index is 1.22. The Morgan fingerprint density at radius 1 is 1.15 bits per heavy atom. The molecule has 1 aliphatic heterocycles. The molecule has 3 aromatic heterocycles. The second-order valence-corrected chi connectivity index (χ2v) is 9.98. The average molecular weight is 554 g/mol. The Morgan fingerprint density at radius 3 is 2.78 bits per heavy atom. The summed E-state index contributed by atoms with van der Waals surface area (Å²) in [5.41, 5.74) is 3.70. The summed E-state index contributed by atoms with van der Waals surface area (Å²) in [5, 5.41) is 11.2. The molecule has 0 unspecified atom stereocenters. The van der Waals surface area contributed by atoms with E-state index >= 15 is 0 Å². The minimum Gasteiger partial charge on any atom is -0.457 e. The van der Waals surface area contributed by atoms with Gasteiger partial charge in [0, 0.05) is 50.5 Å². The molecular weight excluding hydrogens is 525 g/mol. The van der Waals surface area contributed by atoms with Crippen molar-refractivity contribution >= 4 is 45.3 Å². The Morgan fingerprint density at radius 2 is 2.00 bits per heavy atom. The first-order valence-electron chi connectivity index (χ1n) is 13.1. The van der Waals surface area contributed by atoms with Gasteiger partial charge in [-0.3, -0.25) is 4.79 Å². The summed E-state index contributed by atoms with van der Waals surface area (Å²) in [6.07, 6.45) is 2.85. The lowest BCUT2D eigenvalue weighted by Gasteiger charge is -2.40. The van der Waals surface area contributed by atoms with Crippen molar-refractivity contribution in [3.8, 4) is 11.5 Å². The summed E-state index contributed by atoms with van der Waals surface area (Å²) in [4.78, 5) is 29.8. The lowest BCUT2D eigenvalue weighted by molar-refractivity contribution is -0.128. The maximum Gasteiger partial charge on any atom is 0.246 e. The predicted octanol–water partition coefficient (Wildman–Crippen LogP) is 4.51. The number of amides is 1. The highest BCUT2D eigenvalue weighted by molar-refractivity contribution is 5.89. The molecule has 0 saturated carbocycles. The lowest BCUT2D eigenvalue weighted by Crippen LogP contribution is -2.53. The van der Waals surface area contributed by atoms with Crippen LogP contribution in [0.3, 0.4) is 0 Å². The van der Waals surface area contributed by atoms with Crippen LogP contribution >= 0.6 is 0 Å². The number of carbonyl (C=O) groups is 1. The smallest absolute Gasteiger partial charge is 0.246 e. The Hall–Kier alpha value is -5.13. The van der Waals surface area contributed by atoms with Gasteiger partial charge in [0.2, 0.25) is 5.91 Å². The van der Waals surface area contributed by atoms with Crippen LogP contribution in [0, 0.1) is 12.7 Å². The van der Waals surface area contributed by atoms with Gasteiger partial charge in [0.1, 0.15) is 40.2 Å². The van der Waals surface area contributed by atoms with Crippen molar-refractivity contribution in [2.45, 2.75) is 19.9 Å². The van der Waals surface area contributed by atoms with Gasteiger partial charge in [0.05, 0.1) is 5.52 Å². The molecule has 0 spiro atoms. The van der Waals surface area contributed by atoms with E-state index in [-0.39, 0.29) is 11.9 Å². The van der Waals surface area contributed by atoms with E-state index in [0.29, 0.717) is 59.0 Å². The molecule has 1 aliphatic rings. The summed E-state index contributed by atoms with van der Waals surface area (Å²) < 4.78 is 22.0. The quantitative estimate of drug-likeness (QED) is 0.303. The summed E-state index contributed by atoms with van der Waals surface area (Å²) >= 11 is 0. The van der Waals surface area contributed by atoms with Gasteiger partial charge in [0.15, 0.2) is 11.6 Å². The number of aryl methyl sites for hydroxylation is 2. The van der Waals surface area contributed by atoms with Crippen LogP contribution in [0.1, 0.15) is 12.5 Å². The maximum atomic E-state index is 14.6. The number of fused-ring (bicyclic) bond motifs is 2. The monoisotopic (exact) mass is 553 g/mol. The molecule has 208 valence electrons. The molecule has 0 radical (unpaired) electrons. The van der Waals surface area contributed by atoms with Gasteiger partial charge >= 0.3 is 0 Å². The number of pyridine rings is 1. The molecule has 11 nitrogen and oxygen atoms in total. The molecule has 0 aliphatic carbocycles. The molecule has 1 fully saturated rings. The molecule has 6 rings (SSSR count). The summed E-state index contributed by atoms with van der Waals surface area (Å²) in [5.74, 6) is 1.75. The summed E-state index contributed by atoms with van der Waals surface area (Å²) in [6.45, 7) is 9.44. The van der Waals surface area contributed by atoms with E-state index in [1.54, 1.807) is 13.1 Å². The van der Waals surface area contributed by atoms with Crippen LogP contribution < -0.4 is 15.0 Å². The maximum absolute atomic E-state index is 14.6. The van der Waals surface area contributed by atoms with Crippen molar-refractivity contribution < 1.29 is 13.9 Å². The second kappa shape index (κ2) is 10.5. The summed E-state index contributed by atoms with van der Waals surface area (Å²) in [7, 11) is 1.64. The topological polar surface area (TPSA) is 114 Å². The van der Waals surface area contributed by atoms with Crippen LogP contribution in [0.4, 0.5) is 21.7 Å². The molecule has 4 heterocycles. The molecule has 2 aromatic carbocycles. The molecule has 1 N–H and O–H groups in total. The highest BCUT2D eigenvalue weighted by atomic mass is 19.1. The van der Waals surface area contributed by atoms with Crippen molar-refractivity contribution in [1.82, 2.24) is 34.8 Å². The first kappa shape index (κ1) is 26.1. The van der Waals surface area contributed by atoms with Gasteiger partial charge in [-0.2, -0.15) is 0 Å². The number of aromatic nitrogens is 6. The Kier molecular flexibility index (Phi) is 6.66. The number of hydrogen-bond acceptors (Lipinski definition) is 9. The molecule has 12 heteroatoms. The minimum absolute atomic E-state index is 0.0269. The SMILES string of the molecule is C=CC(=O)N1CCN(c2ccc3ncnc(Nc4ccc(Oc5cc(F)c6c(c5)nnn6C)c(C)c4)c3n2)C[C@H]1C. The van der Waals surface area contributed by atoms with Crippen LogP contribution in [0.2, 0.25) is 0 Å². The number of piperazine rings is 1. The van der Waals surface area contributed by atoms with Crippen LogP contribution in [0.5, 0.6) is 11.5 Å². The zero-order valence-electron chi connectivity index (χ0n) is 22.9. The van der Waals surface area contributed by atoms with Gasteiger partial charge in [-0.15, -0.1) is 5.10 Å². The standard InChI is InChI=1S/C29H28FN9O2/c1-5-26(40)39-11-10-38(15-18(39)3)25-9-7-22-27(34-25)29(32-16-31-22)33-19-6-8-24(17(2)12-19)41-20-13-21(30)28-23(14-20)35-36-37(28)4/h5-9,12-14,16,18H,1,10-11,15H2,2-4H3,(H,31,32,33)/t18-/m1/s1. The number of anilines is 3. The van der Waals surface area contributed by atoms with Crippen molar-refractivity contribution in [3.05, 3.63) is 72.8 Å². The van der Waals surface area contributed by atoms with Crippen molar-refractivity contribution in [3.63, 3.8) is 0 Å². The van der Waals surface area contributed by atoms with E-state index < -0.39 is 5.82 Å². The van der Waals surface area contributed by atoms with Gasteiger partial charge in [-0.05, 0) is 55.8 Å². The van der Waals surface area contributed by atoms with E-state index in [2.05, 4.69) is 37.1 Å². The van der Waals surface area contributed by atoms with Crippen LogP contribution in [0.25, 0.3) is 22.1 Å². The van der Waals surface area contributed by atoms with Crippen molar-refractivity contribution in [2.24, 2.45) is 7.05 Å². The van der Waals surface area contributed by atoms with Crippen LogP contribution in [0.15, 0.2) is 61.4 Å². The van der Waals surface area contributed by atoms with E-state index in [1.165, 1.54) is 23.2 Å². The third-order valence-corrected chi connectivity index (χ3v) is 7.17. The largest absolute Gasteiger partial charge is 0.457 e. The lowest BCUT2D eigenvalue weighted by atomic mass is 10.1. The molecule has 41 heavy (non-hydrogen) atoms. The van der Waals surface area contributed by atoms with Crippen molar-refractivity contribution in [1.29, 1.82) is 0 Å². The number of benzene rings is 2. The second-order valence-electron chi connectivity index (χ2n) is 9.98. The highest BCUT2D eigenvalue weighted by Crippen LogP contribution is 2.32. The highest BCUT2D eigenvalue weighted by Gasteiger charge is 2.27. The third-order valence-electron chi connectivity index (χ3n) is 7.17. The first-order valence-corrected chi connectivity index (χ1v) is 13.1. The number of halogens is 1. The fraction of sp³-hybridized carbons (Fsp3) is 0.241. The number of rotatable bonds is 6. The van der Waals surface area contributed by atoms with Gasteiger partial charge in [0.25, 0.3) is 0 Å². The number of carbonyl (C=O) groups excluding carboxylic acids is 1. The van der Waals surface area contributed by atoms with Crippen molar-refractivity contribution in [2.75, 3.05) is 29.9 Å². The first-order chi connectivity index (χ1) is 19.8. The van der Waals surface area contributed by atoms with E-state index in [4.69, 9.17) is 9.72 Å². The molecule has 0 bridgehead atoms. The fourth-order valence-electron chi connectivity index (χ4n) is 5.09. The van der Waals surface area contributed by atoms with Gasteiger partial charge in [-0.1, -0.05) is 11.8 Å². The molecule has 5 aromatic rings. The van der Waals surface area contributed by atoms with E-state index in [0.717, 1.165) is 17.1 Å². The van der Waals surface area contributed by atoms with Gasteiger partial charge < -0.3 is 19.9 Å². The zero-order chi connectivity index (χ0) is 28.7. The molecule has 1 saturated heterocycles. The van der Waals surface area contributed by atoms with Crippen LogP contribution in [-0.4, -0.2) is 66.4 Å². The Bertz CT molecular complexity index is 1800. The average Bonchev–Trinajstić information content (AvgIpc) is 3.34. The molecular formula is C29H28FN9O2. The molecule has 1 amide bonds. The fourth-order valence-corrected chi connectivity index (χ4v) is 5.09. The third kappa shape index (κ3) is 4.99. The van der Waals surface area contributed by atoms with E-state index in [9.17, 15) is 9.18 Å². The van der Waals surface area contributed by atoms with E-state index in [1.807, 2.05) is 49.1 Å². The van der Waals surface area contributed by atoms with Crippen LogP contribution in [-0.2, 0) is 11.8 Å². The number of nitrogens with zero attached hydrogens (tertiary/aromatic N) is 8. The zero-order valence-corrected chi connectivity index (χ0v) is 22.9.